The van der Waals surface area contributed by atoms with Crippen molar-refractivity contribution in [1.29, 1.82) is 0 Å². The molecule has 3 atom stereocenters. The minimum absolute atomic E-state index is 0.0581. The van der Waals surface area contributed by atoms with E-state index in [1.54, 1.807) is 37.5 Å². The van der Waals surface area contributed by atoms with E-state index in [0.29, 0.717) is 18.8 Å². The number of fused-ring (bicyclic) bond motifs is 1. The van der Waals surface area contributed by atoms with Crippen LogP contribution in [0.4, 0.5) is 0 Å². The molecule has 8 nitrogen and oxygen atoms in total. The first kappa shape index (κ1) is 23.1. The second kappa shape index (κ2) is 9.43. The third-order valence-electron chi connectivity index (χ3n) is 6.32. The van der Waals surface area contributed by atoms with Gasteiger partial charge in [-0.1, -0.05) is 13.0 Å². The van der Waals surface area contributed by atoms with Gasteiger partial charge in [-0.25, -0.2) is 18.4 Å². The van der Waals surface area contributed by atoms with E-state index in [0.717, 1.165) is 23.6 Å². The summed E-state index contributed by atoms with van der Waals surface area (Å²) in [6, 6.07) is 4.57. The molecule has 1 aliphatic heterocycles. The van der Waals surface area contributed by atoms with Crippen LogP contribution in [0.5, 0.6) is 5.75 Å². The van der Waals surface area contributed by atoms with Gasteiger partial charge in [0.05, 0.1) is 6.61 Å². The Labute approximate surface area is 190 Å². The van der Waals surface area contributed by atoms with Gasteiger partial charge in [0.25, 0.3) is 0 Å². The lowest BCUT2D eigenvalue weighted by atomic mass is 10.0. The van der Waals surface area contributed by atoms with Crippen LogP contribution in [-0.2, 0) is 10.0 Å². The fourth-order valence-electron chi connectivity index (χ4n) is 4.19. The minimum atomic E-state index is -3.84. The van der Waals surface area contributed by atoms with E-state index in [2.05, 4.69) is 21.9 Å². The number of aliphatic hydroxyl groups excluding tert-OH is 1. The lowest BCUT2D eigenvalue weighted by Gasteiger charge is -2.37. The highest BCUT2D eigenvalue weighted by Crippen LogP contribution is 2.36. The zero-order valence-corrected chi connectivity index (χ0v) is 19.7. The van der Waals surface area contributed by atoms with Crippen molar-refractivity contribution in [3.8, 4) is 16.9 Å². The fourth-order valence-corrected chi connectivity index (χ4v) is 6.02. The van der Waals surface area contributed by atoms with Gasteiger partial charge in [-0.05, 0) is 50.4 Å². The molecule has 0 unspecified atom stereocenters. The zero-order valence-electron chi connectivity index (χ0n) is 18.9. The Morgan fingerprint density at radius 2 is 1.94 bits per heavy atom. The van der Waals surface area contributed by atoms with Crippen LogP contribution in [0.1, 0.15) is 26.7 Å². The maximum absolute atomic E-state index is 13.6. The van der Waals surface area contributed by atoms with Gasteiger partial charge in [0.15, 0.2) is 0 Å². The van der Waals surface area contributed by atoms with Gasteiger partial charge in [-0.3, -0.25) is 0 Å². The Kier molecular flexibility index (Phi) is 6.80. The van der Waals surface area contributed by atoms with Crippen LogP contribution < -0.4 is 4.74 Å². The summed E-state index contributed by atoms with van der Waals surface area (Å²) in [5.41, 5.74) is 1.58. The van der Waals surface area contributed by atoms with Crippen molar-refractivity contribution in [2.24, 2.45) is 11.8 Å². The van der Waals surface area contributed by atoms with Crippen LogP contribution in [0.3, 0.4) is 0 Å². The molecule has 1 aromatic heterocycles. The number of benzene rings is 1. The molecule has 0 amide bonds. The standard InChI is InChI=1S/C23H32N4O4S/c1-16-11-27(17(2)14-28)32(29,30)23-7-6-19(20-9-24-15-25-10-20)8-21(23)31-22(16)13-26(3)12-18-4-5-18/h6-10,15-18,22,28H,4-5,11-14H2,1-3H3/t16-,17+,22+/m1/s1. The molecule has 9 heteroatoms. The van der Waals surface area contributed by atoms with E-state index in [9.17, 15) is 13.5 Å². The van der Waals surface area contributed by atoms with E-state index in [1.807, 2.05) is 6.92 Å². The average molecular weight is 461 g/mol. The molecule has 1 saturated carbocycles. The number of nitrogens with zero attached hydrogens (tertiary/aromatic N) is 4. The summed E-state index contributed by atoms with van der Waals surface area (Å²) in [5, 5.41) is 9.77. The SMILES string of the molecule is C[C@@H]1CN([C@@H](C)CO)S(=O)(=O)c2ccc(-c3cncnc3)cc2O[C@H]1CN(C)CC1CC1. The van der Waals surface area contributed by atoms with Gasteiger partial charge < -0.3 is 14.7 Å². The molecule has 0 saturated heterocycles. The first-order chi connectivity index (χ1) is 15.3. The Balaban J connectivity index is 1.74. The van der Waals surface area contributed by atoms with Crippen LogP contribution in [-0.4, -0.2) is 78.1 Å². The maximum Gasteiger partial charge on any atom is 0.247 e. The van der Waals surface area contributed by atoms with Crippen LogP contribution in [0.25, 0.3) is 11.1 Å². The molecular weight excluding hydrogens is 428 g/mol. The molecule has 1 N–H and O–H groups in total. The Morgan fingerprint density at radius 3 is 2.59 bits per heavy atom. The van der Waals surface area contributed by atoms with Gasteiger partial charge in [0, 0.05) is 49.6 Å². The summed E-state index contributed by atoms with van der Waals surface area (Å²) in [7, 11) is -1.75. The number of aromatic nitrogens is 2. The maximum atomic E-state index is 13.6. The van der Waals surface area contributed by atoms with Crippen molar-refractivity contribution in [3.63, 3.8) is 0 Å². The van der Waals surface area contributed by atoms with Crippen molar-refractivity contribution in [1.82, 2.24) is 19.2 Å². The summed E-state index contributed by atoms with van der Waals surface area (Å²) >= 11 is 0. The number of sulfonamides is 1. The fraction of sp³-hybridized carbons (Fsp3) is 0.565. The lowest BCUT2D eigenvalue weighted by Crippen LogP contribution is -2.49. The number of ether oxygens (including phenoxy) is 1. The van der Waals surface area contributed by atoms with Crippen molar-refractivity contribution in [2.45, 2.75) is 43.7 Å². The first-order valence-corrected chi connectivity index (χ1v) is 12.6. The molecule has 2 aromatic rings. The van der Waals surface area contributed by atoms with Crippen LogP contribution in [0.15, 0.2) is 41.8 Å². The van der Waals surface area contributed by atoms with Crippen molar-refractivity contribution in [2.75, 3.05) is 33.3 Å². The molecule has 0 radical (unpaired) electrons. The number of likely N-dealkylation sites (N-methyl/N-ethyl adjacent to an activating group) is 1. The molecule has 0 spiro atoms. The van der Waals surface area contributed by atoms with E-state index in [-0.39, 0.29) is 23.5 Å². The molecule has 32 heavy (non-hydrogen) atoms. The molecule has 4 rings (SSSR count). The highest BCUT2D eigenvalue weighted by molar-refractivity contribution is 7.89. The summed E-state index contributed by atoms with van der Waals surface area (Å²) in [5.74, 6) is 1.03. The third kappa shape index (κ3) is 4.96. The second-order valence-corrected chi connectivity index (χ2v) is 11.1. The Hall–Kier alpha value is -2.07. The molecule has 2 aliphatic rings. The smallest absolute Gasteiger partial charge is 0.247 e. The van der Waals surface area contributed by atoms with Crippen LogP contribution >= 0.6 is 0 Å². The van der Waals surface area contributed by atoms with E-state index in [1.165, 1.54) is 23.5 Å². The van der Waals surface area contributed by atoms with Gasteiger partial charge in [0.1, 0.15) is 23.1 Å². The van der Waals surface area contributed by atoms with E-state index >= 15 is 0 Å². The molecule has 1 fully saturated rings. The summed E-state index contributed by atoms with van der Waals surface area (Å²) < 4.78 is 35.0. The molecule has 1 aliphatic carbocycles. The van der Waals surface area contributed by atoms with Crippen molar-refractivity contribution < 1.29 is 18.3 Å². The Bertz CT molecular complexity index is 1030. The Morgan fingerprint density at radius 1 is 1.22 bits per heavy atom. The van der Waals surface area contributed by atoms with Crippen molar-refractivity contribution >= 4 is 10.0 Å². The number of rotatable bonds is 7. The quantitative estimate of drug-likeness (QED) is 0.677. The molecular formula is C23H32N4O4S. The summed E-state index contributed by atoms with van der Waals surface area (Å²) in [6.07, 6.45) is 7.20. The first-order valence-electron chi connectivity index (χ1n) is 11.2. The summed E-state index contributed by atoms with van der Waals surface area (Å²) in [6.45, 7) is 5.53. The average Bonchev–Trinajstić information content (AvgIpc) is 3.59. The van der Waals surface area contributed by atoms with Gasteiger partial charge >= 0.3 is 0 Å². The van der Waals surface area contributed by atoms with E-state index in [4.69, 9.17) is 4.74 Å². The lowest BCUT2D eigenvalue weighted by molar-refractivity contribution is 0.0741. The van der Waals surface area contributed by atoms with Gasteiger partial charge in [0.2, 0.25) is 10.0 Å². The topological polar surface area (TPSA) is 95.9 Å². The van der Waals surface area contributed by atoms with Crippen LogP contribution in [0.2, 0.25) is 0 Å². The highest BCUT2D eigenvalue weighted by Gasteiger charge is 2.38. The zero-order chi connectivity index (χ0) is 22.9. The van der Waals surface area contributed by atoms with Crippen molar-refractivity contribution in [3.05, 3.63) is 36.9 Å². The van der Waals surface area contributed by atoms with E-state index < -0.39 is 16.1 Å². The molecule has 2 heterocycles. The summed E-state index contributed by atoms with van der Waals surface area (Å²) in [4.78, 5) is 10.5. The van der Waals surface area contributed by atoms with Gasteiger partial charge in [-0.15, -0.1) is 0 Å². The largest absolute Gasteiger partial charge is 0.487 e. The monoisotopic (exact) mass is 460 g/mol. The molecule has 174 valence electrons. The number of hydrogen-bond donors (Lipinski definition) is 1. The minimum Gasteiger partial charge on any atom is -0.487 e. The second-order valence-electron chi connectivity index (χ2n) is 9.19. The van der Waals surface area contributed by atoms with Crippen LogP contribution in [0, 0.1) is 11.8 Å². The van der Waals surface area contributed by atoms with Gasteiger partial charge in [-0.2, -0.15) is 4.31 Å². The normalized spacial score (nSPS) is 24.3. The number of aliphatic hydroxyl groups is 1. The molecule has 0 bridgehead atoms. The molecule has 1 aromatic carbocycles. The highest BCUT2D eigenvalue weighted by atomic mass is 32.2. The third-order valence-corrected chi connectivity index (χ3v) is 8.34. The predicted molar refractivity (Wildman–Crippen MR) is 122 cm³/mol. The number of hydrogen-bond acceptors (Lipinski definition) is 7. The predicted octanol–water partition coefficient (Wildman–Crippen LogP) is 2.25.